The number of benzene rings is 1. The predicted octanol–water partition coefficient (Wildman–Crippen LogP) is 1.35. The van der Waals surface area contributed by atoms with E-state index in [1.54, 1.807) is 0 Å². The average molecular weight is 219 g/mol. The number of fused-ring (bicyclic) bond motifs is 2. The van der Waals surface area contributed by atoms with Gasteiger partial charge in [0.05, 0.1) is 0 Å². The van der Waals surface area contributed by atoms with Gasteiger partial charge in [-0.1, -0.05) is 18.2 Å². The van der Waals surface area contributed by atoms with Crippen LogP contribution in [0.1, 0.15) is 24.8 Å². The van der Waals surface area contributed by atoms with Gasteiger partial charge in [0.15, 0.2) is 11.9 Å². The Hall–Kier alpha value is -1.39. The lowest BCUT2D eigenvalue weighted by atomic mass is 9.87. The second kappa shape index (κ2) is 3.30. The van der Waals surface area contributed by atoms with Gasteiger partial charge in [-0.3, -0.25) is 4.79 Å². The quantitative estimate of drug-likeness (QED) is 0.692. The molecule has 2 unspecified atom stereocenters. The summed E-state index contributed by atoms with van der Waals surface area (Å²) in [6.07, 6.45) is 1.18. The molecule has 0 radical (unpaired) electrons. The van der Waals surface area contributed by atoms with Gasteiger partial charge in [0.2, 0.25) is 0 Å². The predicted molar refractivity (Wildman–Crippen MR) is 57.7 cm³/mol. The van der Waals surface area contributed by atoms with E-state index in [4.69, 9.17) is 4.74 Å². The molecule has 3 rings (SSSR count). The van der Waals surface area contributed by atoms with Crippen LogP contribution in [0.3, 0.4) is 0 Å². The van der Waals surface area contributed by atoms with Crippen molar-refractivity contribution in [1.82, 2.24) is 0 Å². The zero-order valence-corrected chi connectivity index (χ0v) is 8.77. The van der Waals surface area contributed by atoms with Crippen molar-refractivity contribution in [2.75, 3.05) is 5.32 Å². The maximum absolute atomic E-state index is 12.0. The third-order valence-electron chi connectivity index (χ3n) is 3.29. The number of rotatable bonds is 0. The fraction of sp³-hybridized carbons (Fsp3) is 0.417. The number of hydrogen-bond donors (Lipinski definition) is 2. The molecule has 1 spiro atoms. The van der Waals surface area contributed by atoms with Crippen molar-refractivity contribution < 1.29 is 14.6 Å². The van der Waals surface area contributed by atoms with Crippen molar-refractivity contribution in [3.05, 3.63) is 29.8 Å². The van der Waals surface area contributed by atoms with E-state index in [0.29, 0.717) is 12.8 Å². The molecule has 16 heavy (non-hydrogen) atoms. The Morgan fingerprint density at radius 2 is 2.25 bits per heavy atom. The maximum atomic E-state index is 12.0. The first-order valence-corrected chi connectivity index (χ1v) is 5.49. The van der Waals surface area contributed by atoms with E-state index in [0.717, 1.165) is 17.7 Å². The number of carbonyl (C=O) groups is 1. The third kappa shape index (κ3) is 1.20. The van der Waals surface area contributed by atoms with E-state index < -0.39 is 11.9 Å². The molecule has 2 aliphatic rings. The Bertz CT molecular complexity index is 446. The first kappa shape index (κ1) is 9.81. The van der Waals surface area contributed by atoms with Gasteiger partial charge in [-0.15, -0.1) is 0 Å². The molecule has 1 saturated heterocycles. The molecule has 2 aliphatic heterocycles. The Kier molecular flexibility index (Phi) is 2.02. The van der Waals surface area contributed by atoms with Gasteiger partial charge in [0, 0.05) is 11.3 Å². The molecule has 2 heterocycles. The normalized spacial score (nSPS) is 32.6. The van der Waals surface area contributed by atoms with Gasteiger partial charge >= 0.3 is 0 Å². The highest BCUT2D eigenvalue weighted by atomic mass is 16.6. The summed E-state index contributed by atoms with van der Waals surface area (Å²) in [4.78, 5) is 12.0. The number of nitrogens with one attached hydrogen (secondary N) is 1. The third-order valence-corrected chi connectivity index (χ3v) is 3.29. The molecule has 0 saturated carbocycles. The zero-order chi connectivity index (χ0) is 11.2. The van der Waals surface area contributed by atoms with Crippen LogP contribution in [0, 0.1) is 0 Å². The van der Waals surface area contributed by atoms with Crippen LogP contribution >= 0.6 is 0 Å². The number of ether oxygens (including phenoxy) is 1. The highest BCUT2D eigenvalue weighted by Crippen LogP contribution is 2.45. The minimum absolute atomic E-state index is 0.160. The SMILES string of the molecule is O=C1Nc2ccccc2C12CCCC(O)O2. The molecule has 1 amide bonds. The van der Waals surface area contributed by atoms with Gasteiger partial charge in [-0.2, -0.15) is 0 Å². The Balaban J connectivity index is 2.09. The standard InChI is InChI=1S/C12H13NO3/c14-10-6-3-7-12(16-10)8-4-1-2-5-9(8)13-11(12)15/h1-2,4-5,10,14H,3,6-7H2,(H,13,15). The molecule has 2 atom stereocenters. The lowest BCUT2D eigenvalue weighted by molar-refractivity contribution is -0.213. The van der Waals surface area contributed by atoms with Gasteiger partial charge in [-0.25, -0.2) is 0 Å². The summed E-state index contributed by atoms with van der Waals surface area (Å²) in [5.74, 6) is -0.160. The molecule has 0 bridgehead atoms. The molecule has 0 aromatic heterocycles. The van der Waals surface area contributed by atoms with Crippen molar-refractivity contribution in [3.8, 4) is 0 Å². The first-order chi connectivity index (χ1) is 7.72. The number of carbonyl (C=O) groups excluding carboxylic acids is 1. The largest absolute Gasteiger partial charge is 0.368 e. The summed E-state index contributed by atoms with van der Waals surface area (Å²) in [6.45, 7) is 0. The van der Waals surface area contributed by atoms with Crippen LogP contribution in [-0.2, 0) is 15.1 Å². The Morgan fingerprint density at radius 1 is 1.44 bits per heavy atom. The van der Waals surface area contributed by atoms with Crippen molar-refractivity contribution in [2.45, 2.75) is 31.2 Å². The van der Waals surface area contributed by atoms with Gasteiger partial charge in [-0.05, 0) is 25.3 Å². The molecule has 1 fully saturated rings. The second-order valence-corrected chi connectivity index (χ2v) is 4.29. The Morgan fingerprint density at radius 3 is 3.06 bits per heavy atom. The monoisotopic (exact) mass is 219 g/mol. The molecular formula is C12H13NO3. The number of anilines is 1. The fourth-order valence-corrected chi connectivity index (χ4v) is 2.53. The van der Waals surface area contributed by atoms with Crippen LogP contribution in [0.25, 0.3) is 0 Å². The lowest BCUT2D eigenvalue weighted by Crippen LogP contribution is -2.43. The summed E-state index contributed by atoms with van der Waals surface area (Å²) in [5, 5.41) is 12.4. The maximum Gasteiger partial charge on any atom is 0.261 e. The fourth-order valence-electron chi connectivity index (χ4n) is 2.53. The summed E-state index contributed by atoms with van der Waals surface area (Å²) < 4.78 is 5.52. The summed E-state index contributed by atoms with van der Waals surface area (Å²) in [7, 11) is 0. The van der Waals surface area contributed by atoms with Crippen LogP contribution in [0.4, 0.5) is 5.69 Å². The average Bonchev–Trinajstić information content (AvgIpc) is 2.53. The molecule has 4 heteroatoms. The van der Waals surface area contributed by atoms with Gasteiger partial charge in [0.1, 0.15) is 0 Å². The van der Waals surface area contributed by atoms with E-state index in [1.165, 1.54) is 0 Å². The van der Waals surface area contributed by atoms with Crippen molar-refractivity contribution in [3.63, 3.8) is 0 Å². The van der Waals surface area contributed by atoms with Gasteiger partial charge in [0.25, 0.3) is 5.91 Å². The van der Waals surface area contributed by atoms with Crippen LogP contribution in [-0.4, -0.2) is 17.3 Å². The van der Waals surface area contributed by atoms with E-state index in [1.807, 2.05) is 24.3 Å². The minimum Gasteiger partial charge on any atom is -0.368 e. The minimum atomic E-state index is -0.964. The zero-order valence-electron chi connectivity index (χ0n) is 8.77. The van der Waals surface area contributed by atoms with Crippen LogP contribution < -0.4 is 5.32 Å². The topological polar surface area (TPSA) is 58.6 Å². The molecule has 1 aromatic carbocycles. The number of aliphatic hydroxyl groups excluding tert-OH is 1. The summed E-state index contributed by atoms with van der Waals surface area (Å²) >= 11 is 0. The highest BCUT2D eigenvalue weighted by molar-refractivity contribution is 6.05. The number of amides is 1. The van der Waals surface area contributed by atoms with Crippen LogP contribution in [0.15, 0.2) is 24.3 Å². The molecule has 1 aromatic rings. The molecule has 84 valence electrons. The second-order valence-electron chi connectivity index (χ2n) is 4.29. The summed E-state index contributed by atoms with van der Waals surface area (Å²) in [6, 6.07) is 7.49. The molecule has 2 N–H and O–H groups in total. The number of aliphatic hydroxyl groups is 1. The van der Waals surface area contributed by atoms with Crippen molar-refractivity contribution in [2.24, 2.45) is 0 Å². The smallest absolute Gasteiger partial charge is 0.261 e. The number of hydrogen-bond acceptors (Lipinski definition) is 3. The number of para-hydroxylation sites is 1. The van der Waals surface area contributed by atoms with E-state index in [-0.39, 0.29) is 5.91 Å². The van der Waals surface area contributed by atoms with Crippen LogP contribution in [0.2, 0.25) is 0 Å². The Labute approximate surface area is 93.2 Å². The lowest BCUT2D eigenvalue weighted by Gasteiger charge is -2.34. The molecule has 0 aliphatic carbocycles. The van der Waals surface area contributed by atoms with E-state index in [9.17, 15) is 9.90 Å². The van der Waals surface area contributed by atoms with Crippen molar-refractivity contribution >= 4 is 11.6 Å². The highest BCUT2D eigenvalue weighted by Gasteiger charge is 2.50. The van der Waals surface area contributed by atoms with Crippen LogP contribution in [0.5, 0.6) is 0 Å². The summed E-state index contributed by atoms with van der Waals surface area (Å²) in [5.41, 5.74) is 0.675. The van der Waals surface area contributed by atoms with E-state index >= 15 is 0 Å². The van der Waals surface area contributed by atoms with Gasteiger partial charge < -0.3 is 15.2 Å². The van der Waals surface area contributed by atoms with E-state index in [2.05, 4.69) is 5.32 Å². The molecule has 4 nitrogen and oxygen atoms in total. The van der Waals surface area contributed by atoms with Crippen molar-refractivity contribution in [1.29, 1.82) is 0 Å². The first-order valence-electron chi connectivity index (χ1n) is 5.49. The molecular weight excluding hydrogens is 206 g/mol.